The van der Waals surface area contributed by atoms with Crippen LogP contribution in [0.25, 0.3) is 0 Å². The average Bonchev–Trinajstić information content (AvgIpc) is 2.69. The number of hydrogen-bond donors (Lipinski definition) is 0. The maximum absolute atomic E-state index is 12.9. The number of carbonyl (C=O) groups is 2. The van der Waals surface area contributed by atoms with Gasteiger partial charge in [-0.15, -0.1) is 0 Å². The Morgan fingerprint density at radius 3 is 2.04 bits per heavy atom. The molecule has 3 rings (SSSR count). The van der Waals surface area contributed by atoms with E-state index in [4.69, 9.17) is 0 Å². The summed E-state index contributed by atoms with van der Waals surface area (Å²) in [5.74, 6) is -3.09. The minimum Gasteiger partial charge on any atom is -0.339 e. The smallest absolute Gasteiger partial charge is 0.288 e. The van der Waals surface area contributed by atoms with Crippen molar-refractivity contribution in [1.29, 1.82) is 0 Å². The Kier molecular flexibility index (Phi) is 6.61. The molecule has 1 saturated heterocycles. The second-order valence-corrected chi connectivity index (χ2v) is 7.44. The molecule has 28 heavy (non-hydrogen) atoms. The minimum atomic E-state index is -2.50. The number of carbonyl (C=O) groups excluding carboxylic acids is 2. The number of thioether (sulfide) groups is 1. The molecule has 2 aromatic rings. The zero-order valence-corrected chi connectivity index (χ0v) is 15.8. The van der Waals surface area contributed by atoms with Gasteiger partial charge in [0, 0.05) is 36.6 Å². The maximum Gasteiger partial charge on any atom is 0.288 e. The molecule has 1 fully saturated rings. The van der Waals surface area contributed by atoms with Crippen LogP contribution in [0, 0.1) is 5.82 Å². The molecule has 0 bridgehead atoms. The molecule has 0 aliphatic carbocycles. The second kappa shape index (κ2) is 9.14. The van der Waals surface area contributed by atoms with Crippen molar-refractivity contribution in [3.63, 3.8) is 0 Å². The van der Waals surface area contributed by atoms with E-state index in [0.29, 0.717) is 48.4 Å². The average molecular weight is 408 g/mol. The number of halogens is 3. The summed E-state index contributed by atoms with van der Waals surface area (Å²) >= 11 is 0.436. The lowest BCUT2D eigenvalue weighted by molar-refractivity contribution is -0.131. The lowest BCUT2D eigenvalue weighted by atomic mass is 10.1. The second-order valence-electron chi connectivity index (χ2n) is 6.38. The van der Waals surface area contributed by atoms with Crippen LogP contribution in [0.15, 0.2) is 53.4 Å². The quantitative estimate of drug-likeness (QED) is 0.709. The van der Waals surface area contributed by atoms with E-state index in [1.165, 1.54) is 24.3 Å². The van der Waals surface area contributed by atoms with Gasteiger partial charge < -0.3 is 9.80 Å². The summed E-state index contributed by atoms with van der Waals surface area (Å²) in [5.41, 5.74) is 1.18. The molecule has 148 valence electrons. The van der Waals surface area contributed by atoms with E-state index in [1.807, 2.05) is 0 Å². The number of piperazine rings is 1. The van der Waals surface area contributed by atoms with Crippen LogP contribution < -0.4 is 0 Å². The van der Waals surface area contributed by atoms with Gasteiger partial charge in [0.25, 0.3) is 11.7 Å². The van der Waals surface area contributed by atoms with E-state index in [9.17, 15) is 22.8 Å². The standard InChI is InChI=1S/C20H19F3N2O2S/c21-16-5-1-14(2-6-16)13-18(26)24-9-11-25(12-10-24)19(27)15-3-7-17(8-4-15)28-20(22)23/h1-8,20H,9-13H2. The van der Waals surface area contributed by atoms with Gasteiger partial charge in [0.2, 0.25) is 5.91 Å². The third kappa shape index (κ3) is 5.28. The molecule has 0 spiro atoms. The van der Waals surface area contributed by atoms with Gasteiger partial charge in [-0.2, -0.15) is 8.78 Å². The van der Waals surface area contributed by atoms with E-state index in [-0.39, 0.29) is 24.1 Å². The molecule has 0 N–H and O–H groups in total. The fraction of sp³-hybridized carbons (Fsp3) is 0.300. The molecule has 8 heteroatoms. The van der Waals surface area contributed by atoms with Gasteiger partial charge in [-0.25, -0.2) is 4.39 Å². The molecular weight excluding hydrogens is 389 g/mol. The van der Waals surface area contributed by atoms with Crippen LogP contribution in [-0.2, 0) is 11.2 Å². The highest BCUT2D eigenvalue weighted by atomic mass is 32.2. The van der Waals surface area contributed by atoms with Crippen LogP contribution >= 0.6 is 11.8 Å². The first-order chi connectivity index (χ1) is 13.4. The summed E-state index contributed by atoms with van der Waals surface area (Å²) in [6.45, 7) is 1.65. The molecule has 2 amide bonds. The Morgan fingerprint density at radius 2 is 1.46 bits per heavy atom. The van der Waals surface area contributed by atoms with Gasteiger partial charge in [-0.05, 0) is 42.0 Å². The van der Waals surface area contributed by atoms with Gasteiger partial charge in [-0.1, -0.05) is 23.9 Å². The van der Waals surface area contributed by atoms with E-state index in [1.54, 1.807) is 34.1 Å². The summed E-state index contributed by atoms with van der Waals surface area (Å²) in [6.07, 6.45) is 0.192. The van der Waals surface area contributed by atoms with Crippen LogP contribution in [-0.4, -0.2) is 53.6 Å². The van der Waals surface area contributed by atoms with E-state index in [2.05, 4.69) is 0 Å². The summed E-state index contributed by atoms with van der Waals surface area (Å²) in [5, 5.41) is 0. The summed E-state index contributed by atoms with van der Waals surface area (Å²) in [4.78, 5) is 28.7. The molecule has 0 saturated carbocycles. The molecule has 1 aliphatic rings. The van der Waals surface area contributed by atoms with Gasteiger partial charge >= 0.3 is 0 Å². The zero-order valence-electron chi connectivity index (χ0n) is 15.0. The van der Waals surface area contributed by atoms with Crippen molar-refractivity contribution in [2.24, 2.45) is 0 Å². The molecule has 0 radical (unpaired) electrons. The first kappa shape index (κ1) is 20.3. The van der Waals surface area contributed by atoms with Gasteiger partial charge in [0.05, 0.1) is 6.42 Å². The SMILES string of the molecule is O=C(Cc1ccc(F)cc1)N1CCN(C(=O)c2ccc(SC(F)F)cc2)CC1. The normalized spacial score (nSPS) is 14.4. The molecule has 0 aromatic heterocycles. The third-order valence-corrected chi connectivity index (χ3v) is 5.24. The van der Waals surface area contributed by atoms with Crippen LogP contribution in [0.1, 0.15) is 15.9 Å². The van der Waals surface area contributed by atoms with Gasteiger partial charge in [0.15, 0.2) is 0 Å². The van der Waals surface area contributed by atoms with E-state index < -0.39 is 5.76 Å². The number of rotatable bonds is 5. The van der Waals surface area contributed by atoms with Crippen molar-refractivity contribution in [3.8, 4) is 0 Å². The molecule has 2 aromatic carbocycles. The van der Waals surface area contributed by atoms with E-state index >= 15 is 0 Å². The Labute approximate surface area is 165 Å². The monoisotopic (exact) mass is 408 g/mol. The summed E-state index contributed by atoms with van der Waals surface area (Å²) < 4.78 is 37.7. The molecular formula is C20H19F3N2O2S. The molecule has 1 heterocycles. The Bertz CT molecular complexity index is 820. The number of nitrogens with zero attached hydrogens (tertiary/aromatic N) is 2. The van der Waals surface area contributed by atoms with Crippen molar-refractivity contribution in [2.45, 2.75) is 17.1 Å². The Balaban J connectivity index is 1.52. The predicted octanol–water partition coefficient (Wildman–Crippen LogP) is 3.67. The zero-order chi connectivity index (χ0) is 20.1. The topological polar surface area (TPSA) is 40.6 Å². The van der Waals surface area contributed by atoms with Crippen LogP contribution in [0.5, 0.6) is 0 Å². The van der Waals surface area contributed by atoms with Crippen molar-refractivity contribution in [3.05, 3.63) is 65.5 Å². The van der Waals surface area contributed by atoms with Crippen molar-refractivity contribution < 1.29 is 22.8 Å². The lowest BCUT2D eigenvalue weighted by Gasteiger charge is -2.35. The number of alkyl halides is 2. The number of benzene rings is 2. The van der Waals surface area contributed by atoms with Gasteiger partial charge in [0.1, 0.15) is 5.82 Å². The fourth-order valence-corrected chi connectivity index (χ4v) is 3.51. The van der Waals surface area contributed by atoms with Gasteiger partial charge in [-0.3, -0.25) is 9.59 Å². The summed E-state index contributed by atoms with van der Waals surface area (Å²) in [6, 6.07) is 11.9. The van der Waals surface area contributed by atoms with Crippen molar-refractivity contribution in [1.82, 2.24) is 9.80 Å². The number of hydrogen-bond acceptors (Lipinski definition) is 3. The van der Waals surface area contributed by atoms with Crippen LogP contribution in [0.2, 0.25) is 0 Å². The molecule has 0 unspecified atom stereocenters. The lowest BCUT2D eigenvalue weighted by Crippen LogP contribution is -2.51. The highest BCUT2D eigenvalue weighted by molar-refractivity contribution is 7.99. The summed E-state index contributed by atoms with van der Waals surface area (Å²) in [7, 11) is 0. The maximum atomic E-state index is 12.9. The Hall–Kier alpha value is -2.48. The highest BCUT2D eigenvalue weighted by Crippen LogP contribution is 2.25. The van der Waals surface area contributed by atoms with Crippen molar-refractivity contribution in [2.75, 3.05) is 26.2 Å². The molecule has 4 nitrogen and oxygen atoms in total. The highest BCUT2D eigenvalue weighted by Gasteiger charge is 2.25. The fourth-order valence-electron chi connectivity index (χ4n) is 3.01. The third-order valence-electron chi connectivity index (χ3n) is 4.51. The largest absolute Gasteiger partial charge is 0.339 e. The number of amides is 2. The van der Waals surface area contributed by atoms with Crippen molar-refractivity contribution >= 4 is 23.6 Å². The predicted molar refractivity (Wildman–Crippen MR) is 101 cm³/mol. The Morgan fingerprint density at radius 1 is 0.893 bits per heavy atom. The van der Waals surface area contributed by atoms with Crippen LogP contribution in [0.3, 0.4) is 0 Å². The molecule has 0 atom stereocenters. The first-order valence-corrected chi connectivity index (χ1v) is 9.67. The first-order valence-electron chi connectivity index (χ1n) is 8.79. The van der Waals surface area contributed by atoms with E-state index in [0.717, 1.165) is 5.56 Å². The molecule has 1 aliphatic heterocycles. The van der Waals surface area contributed by atoms with Crippen LogP contribution in [0.4, 0.5) is 13.2 Å². The minimum absolute atomic E-state index is 0.0629.